The number of hydrogen-bond acceptors (Lipinski definition) is 4. The predicted octanol–water partition coefficient (Wildman–Crippen LogP) is 4.62. The second-order valence-corrected chi connectivity index (χ2v) is 9.46. The van der Waals surface area contributed by atoms with Crippen LogP contribution in [0.5, 0.6) is 5.75 Å². The number of amides is 3. The van der Waals surface area contributed by atoms with Crippen LogP contribution in [0, 0.1) is 5.41 Å². The van der Waals surface area contributed by atoms with Gasteiger partial charge in [0.25, 0.3) is 0 Å². The first-order chi connectivity index (χ1) is 16.1. The molecule has 0 bridgehead atoms. The summed E-state index contributed by atoms with van der Waals surface area (Å²) in [5, 5.41) is 2.97. The summed E-state index contributed by atoms with van der Waals surface area (Å²) in [6.45, 7) is 1.26. The summed E-state index contributed by atoms with van der Waals surface area (Å²) in [5.74, 6) is 0.964. The minimum Gasteiger partial charge on any atom is -0.495 e. The summed E-state index contributed by atoms with van der Waals surface area (Å²) in [4.78, 5) is 34.6. The number of rotatable bonds is 4. The zero-order valence-corrected chi connectivity index (χ0v) is 19.2. The largest absolute Gasteiger partial charge is 0.495 e. The first-order valence-electron chi connectivity index (χ1n) is 12.1. The maximum Gasteiger partial charge on any atom is 0.321 e. The van der Waals surface area contributed by atoms with Gasteiger partial charge in [-0.25, -0.2) is 4.79 Å². The SMILES string of the molecule is COc1ccccc1NC(=O)N1CCC(N2C(=O)C3(CCCCC3)C2c2ccncc2)CC1. The van der Waals surface area contributed by atoms with Gasteiger partial charge in [0, 0.05) is 31.5 Å². The number of hydrogen-bond donors (Lipinski definition) is 1. The number of anilines is 1. The second-order valence-electron chi connectivity index (χ2n) is 9.46. The molecule has 174 valence electrons. The molecule has 7 heteroatoms. The maximum absolute atomic E-state index is 13.6. The van der Waals surface area contributed by atoms with E-state index in [1.165, 1.54) is 12.0 Å². The van der Waals surface area contributed by atoms with E-state index in [1.54, 1.807) is 7.11 Å². The van der Waals surface area contributed by atoms with Gasteiger partial charge in [0.15, 0.2) is 0 Å². The van der Waals surface area contributed by atoms with Crippen molar-refractivity contribution in [3.63, 3.8) is 0 Å². The minimum absolute atomic E-state index is 0.123. The molecule has 5 rings (SSSR count). The molecule has 3 heterocycles. The number of para-hydroxylation sites is 2. The highest BCUT2D eigenvalue weighted by Crippen LogP contribution is 2.59. The number of carbonyl (C=O) groups excluding carboxylic acids is 2. The van der Waals surface area contributed by atoms with Gasteiger partial charge in [0.2, 0.25) is 5.91 Å². The number of piperidine rings is 1. The number of nitrogens with zero attached hydrogens (tertiary/aromatic N) is 3. The first kappa shape index (κ1) is 21.7. The van der Waals surface area contributed by atoms with Crippen molar-refractivity contribution in [3.8, 4) is 5.75 Å². The van der Waals surface area contributed by atoms with E-state index in [0.717, 1.165) is 38.5 Å². The van der Waals surface area contributed by atoms with Crippen molar-refractivity contribution in [3.05, 3.63) is 54.4 Å². The molecule has 33 heavy (non-hydrogen) atoms. The summed E-state index contributed by atoms with van der Waals surface area (Å²) in [7, 11) is 1.60. The maximum atomic E-state index is 13.6. The number of benzene rings is 1. The van der Waals surface area contributed by atoms with Gasteiger partial charge in [0.05, 0.1) is 24.3 Å². The van der Waals surface area contributed by atoms with Crippen molar-refractivity contribution in [2.24, 2.45) is 5.41 Å². The molecule has 1 aromatic heterocycles. The van der Waals surface area contributed by atoms with E-state index in [1.807, 2.05) is 41.6 Å². The molecule has 7 nitrogen and oxygen atoms in total. The van der Waals surface area contributed by atoms with E-state index in [4.69, 9.17) is 4.74 Å². The van der Waals surface area contributed by atoms with E-state index in [0.29, 0.717) is 30.4 Å². The van der Waals surface area contributed by atoms with Gasteiger partial charge in [-0.1, -0.05) is 31.4 Å². The standard InChI is InChI=1S/C26H32N4O3/c1-33-22-8-4-3-7-21(22)28-25(32)29-17-11-20(12-18-29)30-23(19-9-15-27-16-10-19)26(24(30)31)13-5-2-6-14-26/h3-4,7-10,15-16,20,23H,2,5-6,11-14,17-18H2,1H3,(H,28,32). The Morgan fingerprint density at radius 3 is 2.45 bits per heavy atom. The molecule has 1 N–H and O–H groups in total. The molecule has 3 fully saturated rings. The normalized spacial score (nSPS) is 22.7. The molecule has 3 aliphatic rings. The predicted molar refractivity (Wildman–Crippen MR) is 126 cm³/mol. The van der Waals surface area contributed by atoms with Crippen LogP contribution in [-0.4, -0.2) is 53.0 Å². The topological polar surface area (TPSA) is 74.8 Å². The zero-order chi connectivity index (χ0) is 22.8. The van der Waals surface area contributed by atoms with Crippen molar-refractivity contribution in [1.82, 2.24) is 14.8 Å². The number of urea groups is 1. The monoisotopic (exact) mass is 448 g/mol. The van der Waals surface area contributed by atoms with Gasteiger partial charge in [-0.05, 0) is 55.5 Å². The van der Waals surface area contributed by atoms with E-state index >= 15 is 0 Å². The van der Waals surface area contributed by atoms with Crippen LogP contribution in [0.15, 0.2) is 48.8 Å². The van der Waals surface area contributed by atoms with Crippen molar-refractivity contribution >= 4 is 17.6 Å². The summed E-state index contributed by atoms with van der Waals surface area (Å²) >= 11 is 0. The van der Waals surface area contributed by atoms with Gasteiger partial charge in [0.1, 0.15) is 5.75 Å². The van der Waals surface area contributed by atoms with Gasteiger partial charge in [-0.3, -0.25) is 9.78 Å². The highest BCUT2D eigenvalue weighted by Gasteiger charge is 2.62. The smallest absolute Gasteiger partial charge is 0.321 e. The Morgan fingerprint density at radius 2 is 1.76 bits per heavy atom. The second kappa shape index (κ2) is 9.04. The number of ether oxygens (including phenoxy) is 1. The molecule has 2 aromatic rings. The van der Waals surface area contributed by atoms with Gasteiger partial charge < -0.3 is 19.9 Å². The number of likely N-dealkylation sites (tertiary alicyclic amines) is 2. The Kier molecular flexibility index (Phi) is 5.96. The Hall–Kier alpha value is -3.09. The van der Waals surface area contributed by atoms with Crippen LogP contribution in [0.2, 0.25) is 0 Å². The summed E-state index contributed by atoms with van der Waals surface area (Å²) in [6, 6.07) is 11.7. The summed E-state index contributed by atoms with van der Waals surface area (Å²) < 4.78 is 5.34. The lowest BCUT2D eigenvalue weighted by molar-refractivity contribution is -0.186. The molecule has 2 aliphatic heterocycles. The first-order valence-corrected chi connectivity index (χ1v) is 12.1. The van der Waals surface area contributed by atoms with Crippen molar-refractivity contribution < 1.29 is 14.3 Å². The Morgan fingerprint density at radius 1 is 1.06 bits per heavy atom. The van der Waals surface area contributed by atoms with Gasteiger partial charge >= 0.3 is 6.03 Å². The number of pyridine rings is 1. The van der Waals surface area contributed by atoms with Gasteiger partial charge in [-0.15, -0.1) is 0 Å². The molecule has 3 amide bonds. The Labute approximate surface area is 195 Å². The van der Waals surface area contributed by atoms with E-state index in [2.05, 4.69) is 27.3 Å². The van der Waals surface area contributed by atoms with E-state index < -0.39 is 0 Å². The number of aromatic nitrogens is 1. The Bertz CT molecular complexity index is 998. The number of methoxy groups -OCH3 is 1. The van der Waals surface area contributed by atoms with Crippen LogP contribution < -0.4 is 10.1 Å². The number of nitrogens with one attached hydrogen (secondary N) is 1. The fraction of sp³-hybridized carbons (Fsp3) is 0.500. The molecule has 1 aromatic carbocycles. The van der Waals surface area contributed by atoms with Gasteiger partial charge in [-0.2, -0.15) is 0 Å². The van der Waals surface area contributed by atoms with Crippen LogP contribution >= 0.6 is 0 Å². The Balaban J connectivity index is 1.27. The van der Waals surface area contributed by atoms with Crippen LogP contribution in [0.25, 0.3) is 0 Å². The third-order valence-electron chi connectivity index (χ3n) is 7.72. The fourth-order valence-corrected chi connectivity index (χ4v) is 6.05. The highest BCUT2D eigenvalue weighted by molar-refractivity contribution is 5.92. The molecule has 0 radical (unpaired) electrons. The molecule has 1 aliphatic carbocycles. The summed E-state index contributed by atoms with van der Waals surface area (Å²) in [6.07, 6.45) is 10.7. The molecule has 1 atom stereocenters. The van der Waals surface area contributed by atoms with Crippen LogP contribution in [0.3, 0.4) is 0 Å². The van der Waals surface area contributed by atoms with Crippen LogP contribution in [-0.2, 0) is 4.79 Å². The van der Waals surface area contributed by atoms with Crippen molar-refractivity contribution in [2.75, 3.05) is 25.5 Å². The molecule has 2 saturated heterocycles. The number of carbonyl (C=O) groups is 2. The lowest BCUT2D eigenvalue weighted by atomic mass is 9.59. The molecular weight excluding hydrogens is 416 g/mol. The third kappa shape index (κ3) is 3.83. The third-order valence-corrected chi connectivity index (χ3v) is 7.72. The van der Waals surface area contributed by atoms with Crippen molar-refractivity contribution in [1.29, 1.82) is 0 Å². The molecule has 1 unspecified atom stereocenters. The average Bonchev–Trinajstić information content (AvgIpc) is 2.88. The lowest BCUT2D eigenvalue weighted by Gasteiger charge is -2.61. The average molecular weight is 449 g/mol. The molecular formula is C26H32N4O3. The fourth-order valence-electron chi connectivity index (χ4n) is 6.05. The van der Waals surface area contributed by atoms with E-state index in [-0.39, 0.29) is 23.5 Å². The quantitative estimate of drug-likeness (QED) is 0.693. The van der Waals surface area contributed by atoms with Crippen molar-refractivity contribution in [2.45, 2.75) is 57.0 Å². The molecule has 1 saturated carbocycles. The van der Waals surface area contributed by atoms with Crippen LogP contribution in [0.1, 0.15) is 56.6 Å². The minimum atomic E-state index is -0.238. The number of β-lactam (4-membered cyclic amide) rings is 1. The van der Waals surface area contributed by atoms with E-state index in [9.17, 15) is 9.59 Å². The molecule has 1 spiro atoms. The highest BCUT2D eigenvalue weighted by atomic mass is 16.5. The summed E-state index contributed by atoms with van der Waals surface area (Å²) in [5.41, 5.74) is 1.63. The lowest BCUT2D eigenvalue weighted by Crippen LogP contribution is -2.67. The zero-order valence-electron chi connectivity index (χ0n) is 19.2. The van der Waals surface area contributed by atoms with Crippen LogP contribution in [0.4, 0.5) is 10.5 Å².